The molecule has 0 bridgehead atoms. The minimum atomic E-state index is -0.0359. The third-order valence-corrected chi connectivity index (χ3v) is 14.1. The van der Waals surface area contributed by atoms with Crippen molar-refractivity contribution in [3.8, 4) is 22.3 Å². The van der Waals surface area contributed by atoms with E-state index in [1.807, 2.05) is 0 Å². The van der Waals surface area contributed by atoms with Gasteiger partial charge in [0.2, 0.25) is 0 Å². The standard InChI is InChI=1S/C53H50/c1-51(2)44-20-12-10-17-38(44)40-26-23-33(30-47(40)51)29-43(35-24-27-41-39-18-11-13-21-45(39)52(3,4)48(41)31-35)36-25-28-42-49(32-36)53(5,6)46-22-14-19-37(50(42)46)34-15-8-7-9-16-34/h7-13,15-18,20-21,23-28,30-32,43,46H,14,19,22,29H2,1-6H3. The maximum atomic E-state index is 2.63. The molecule has 0 aliphatic heterocycles. The molecule has 0 radical (unpaired) electrons. The third kappa shape index (κ3) is 4.73. The van der Waals surface area contributed by atoms with Gasteiger partial charge in [-0.05, 0) is 126 Å². The van der Waals surface area contributed by atoms with Crippen molar-refractivity contribution in [3.63, 3.8) is 0 Å². The third-order valence-electron chi connectivity index (χ3n) is 14.1. The molecule has 0 aromatic heterocycles. The number of allylic oxidation sites excluding steroid dienone is 2. The molecule has 2 unspecified atom stereocenters. The van der Waals surface area contributed by atoms with E-state index in [1.165, 1.54) is 97.2 Å². The van der Waals surface area contributed by atoms with Gasteiger partial charge in [-0.1, -0.05) is 175 Å². The van der Waals surface area contributed by atoms with Crippen LogP contribution in [0.25, 0.3) is 33.4 Å². The predicted molar refractivity (Wildman–Crippen MR) is 224 cm³/mol. The minimum Gasteiger partial charge on any atom is -0.0622 e. The fourth-order valence-electron chi connectivity index (χ4n) is 11.2. The van der Waals surface area contributed by atoms with Crippen molar-refractivity contribution in [2.24, 2.45) is 5.92 Å². The summed E-state index contributed by atoms with van der Waals surface area (Å²) in [6.45, 7) is 14.7. The molecule has 0 saturated heterocycles. The zero-order chi connectivity index (χ0) is 36.3. The van der Waals surface area contributed by atoms with E-state index in [2.05, 4.69) is 175 Å². The molecule has 0 amide bonds. The van der Waals surface area contributed by atoms with E-state index < -0.39 is 0 Å². The molecule has 4 aliphatic rings. The number of hydrogen-bond donors (Lipinski definition) is 0. The molecule has 262 valence electrons. The second-order valence-corrected chi connectivity index (χ2v) is 18.0. The second-order valence-electron chi connectivity index (χ2n) is 18.0. The van der Waals surface area contributed by atoms with Gasteiger partial charge in [-0.25, -0.2) is 0 Å². The Morgan fingerprint density at radius 3 is 1.70 bits per heavy atom. The summed E-state index contributed by atoms with van der Waals surface area (Å²) in [6, 6.07) is 51.7. The minimum absolute atomic E-state index is 0.0150. The first kappa shape index (κ1) is 32.7. The summed E-state index contributed by atoms with van der Waals surface area (Å²) in [7, 11) is 0. The van der Waals surface area contributed by atoms with Crippen LogP contribution in [0.5, 0.6) is 0 Å². The SMILES string of the molecule is CC1(C)c2ccccc2-c2ccc(CC(c3ccc4c(c3)C(C)(C)c3ccccc3-4)c3ccc4c(c3)C(C)(C)C3CCCC(c5ccccc5)=C43)cc21. The zero-order valence-corrected chi connectivity index (χ0v) is 32.2. The first-order valence-corrected chi connectivity index (χ1v) is 20.0. The van der Waals surface area contributed by atoms with Gasteiger partial charge in [0.25, 0.3) is 0 Å². The quantitative estimate of drug-likeness (QED) is 0.169. The molecular formula is C53H50. The van der Waals surface area contributed by atoms with Gasteiger partial charge >= 0.3 is 0 Å². The van der Waals surface area contributed by atoms with Gasteiger partial charge in [0, 0.05) is 16.7 Å². The fourth-order valence-corrected chi connectivity index (χ4v) is 11.2. The van der Waals surface area contributed by atoms with Gasteiger partial charge in [0.05, 0.1) is 0 Å². The van der Waals surface area contributed by atoms with E-state index in [1.54, 1.807) is 11.1 Å². The highest BCUT2D eigenvalue weighted by Gasteiger charge is 2.46. The largest absolute Gasteiger partial charge is 0.0622 e. The van der Waals surface area contributed by atoms with Crippen molar-refractivity contribution in [1.29, 1.82) is 0 Å². The summed E-state index contributed by atoms with van der Waals surface area (Å²) < 4.78 is 0. The van der Waals surface area contributed by atoms with Crippen molar-refractivity contribution in [3.05, 3.63) is 189 Å². The van der Waals surface area contributed by atoms with Crippen molar-refractivity contribution in [1.82, 2.24) is 0 Å². The number of fused-ring (bicyclic) bond motifs is 9. The molecule has 53 heavy (non-hydrogen) atoms. The van der Waals surface area contributed by atoms with Crippen LogP contribution >= 0.6 is 0 Å². The molecule has 0 spiro atoms. The first-order chi connectivity index (χ1) is 25.5. The second kappa shape index (κ2) is 11.5. The van der Waals surface area contributed by atoms with Gasteiger partial charge in [-0.2, -0.15) is 0 Å². The maximum Gasteiger partial charge on any atom is 0.0158 e. The van der Waals surface area contributed by atoms with Crippen LogP contribution < -0.4 is 0 Å². The van der Waals surface area contributed by atoms with Crippen LogP contribution in [0.3, 0.4) is 0 Å². The monoisotopic (exact) mass is 686 g/mol. The Morgan fingerprint density at radius 1 is 0.509 bits per heavy atom. The highest BCUT2D eigenvalue weighted by Crippen LogP contribution is 2.58. The molecular weight excluding hydrogens is 637 g/mol. The average molecular weight is 687 g/mol. The van der Waals surface area contributed by atoms with E-state index in [9.17, 15) is 0 Å². The highest BCUT2D eigenvalue weighted by molar-refractivity contribution is 5.97. The van der Waals surface area contributed by atoms with Gasteiger partial charge in [0.15, 0.2) is 0 Å². The summed E-state index contributed by atoms with van der Waals surface area (Å²) >= 11 is 0. The van der Waals surface area contributed by atoms with E-state index in [-0.39, 0.29) is 22.2 Å². The number of benzene rings is 6. The Kier molecular flexibility index (Phi) is 7.11. The Hall–Kier alpha value is -4.94. The van der Waals surface area contributed by atoms with Gasteiger partial charge < -0.3 is 0 Å². The molecule has 2 atom stereocenters. The lowest BCUT2D eigenvalue weighted by Gasteiger charge is -2.33. The summed E-state index contributed by atoms with van der Waals surface area (Å²) in [4.78, 5) is 0. The van der Waals surface area contributed by atoms with Crippen LogP contribution in [0, 0.1) is 5.92 Å². The molecule has 10 rings (SSSR count). The lowest BCUT2D eigenvalue weighted by molar-refractivity contribution is 0.378. The lowest BCUT2D eigenvalue weighted by atomic mass is 9.70. The van der Waals surface area contributed by atoms with Gasteiger partial charge in [0.1, 0.15) is 0 Å². The normalized spacial score (nSPS) is 19.8. The Balaban J connectivity index is 1.12. The molecule has 0 heteroatoms. The van der Waals surface area contributed by atoms with Crippen LogP contribution in [-0.4, -0.2) is 0 Å². The molecule has 4 aliphatic carbocycles. The predicted octanol–water partition coefficient (Wildman–Crippen LogP) is 13.7. The molecule has 6 aromatic carbocycles. The van der Waals surface area contributed by atoms with E-state index >= 15 is 0 Å². The summed E-state index contributed by atoms with van der Waals surface area (Å²) in [5.41, 5.74) is 23.3. The zero-order valence-electron chi connectivity index (χ0n) is 32.2. The van der Waals surface area contributed by atoms with Gasteiger partial charge in [-0.3, -0.25) is 0 Å². The van der Waals surface area contributed by atoms with E-state index in [4.69, 9.17) is 0 Å². The Labute approximate surface area is 316 Å². The number of rotatable bonds is 5. The smallest absolute Gasteiger partial charge is 0.0158 e. The van der Waals surface area contributed by atoms with Crippen LogP contribution in [-0.2, 0) is 22.7 Å². The first-order valence-electron chi connectivity index (χ1n) is 20.0. The number of hydrogen-bond acceptors (Lipinski definition) is 0. The molecule has 0 nitrogen and oxygen atoms in total. The molecule has 0 heterocycles. The van der Waals surface area contributed by atoms with E-state index in [0.29, 0.717) is 5.92 Å². The Bertz CT molecular complexity index is 2480. The van der Waals surface area contributed by atoms with Gasteiger partial charge in [-0.15, -0.1) is 0 Å². The topological polar surface area (TPSA) is 0 Å². The van der Waals surface area contributed by atoms with Crippen molar-refractivity contribution in [2.75, 3.05) is 0 Å². The summed E-state index contributed by atoms with van der Waals surface area (Å²) in [6.07, 6.45) is 4.66. The van der Waals surface area contributed by atoms with Crippen molar-refractivity contribution < 1.29 is 0 Å². The lowest BCUT2D eigenvalue weighted by Crippen LogP contribution is -2.25. The summed E-state index contributed by atoms with van der Waals surface area (Å²) in [5, 5.41) is 0. The van der Waals surface area contributed by atoms with Crippen LogP contribution in [0.2, 0.25) is 0 Å². The average Bonchev–Trinajstić information content (AvgIpc) is 3.66. The summed E-state index contributed by atoms with van der Waals surface area (Å²) in [5.74, 6) is 0.783. The molecule has 6 aromatic rings. The molecule has 0 N–H and O–H groups in total. The van der Waals surface area contributed by atoms with Crippen LogP contribution in [0.4, 0.5) is 0 Å². The highest BCUT2D eigenvalue weighted by atomic mass is 14.5. The maximum absolute atomic E-state index is 2.63. The van der Waals surface area contributed by atoms with Crippen LogP contribution in [0.15, 0.2) is 133 Å². The van der Waals surface area contributed by atoms with E-state index in [0.717, 1.165) is 6.42 Å². The molecule has 0 fully saturated rings. The fraction of sp³-hybridized carbons (Fsp3) is 0.283. The van der Waals surface area contributed by atoms with Crippen molar-refractivity contribution in [2.45, 2.75) is 89.4 Å². The molecule has 0 saturated carbocycles. The van der Waals surface area contributed by atoms with Crippen LogP contribution in [0.1, 0.15) is 122 Å². The van der Waals surface area contributed by atoms with Crippen molar-refractivity contribution >= 4 is 11.1 Å². The Morgan fingerprint density at radius 2 is 1.04 bits per heavy atom.